The third kappa shape index (κ3) is 3.09. The van der Waals surface area contributed by atoms with Gasteiger partial charge in [-0.2, -0.15) is 5.10 Å². The molecule has 140 valence electrons. The van der Waals surface area contributed by atoms with Gasteiger partial charge in [-0.15, -0.1) is 11.3 Å². The highest BCUT2D eigenvalue weighted by atomic mass is 32.1. The summed E-state index contributed by atoms with van der Waals surface area (Å²) in [5.74, 6) is -1.04. The van der Waals surface area contributed by atoms with Crippen molar-refractivity contribution in [1.29, 1.82) is 0 Å². The van der Waals surface area contributed by atoms with Gasteiger partial charge in [0.1, 0.15) is 5.69 Å². The SMILES string of the molecule is O=C(O)c1csc(-n2nc(-c3ccc(-c4ccccc4)cc3)c3ccccc32)n1. The number of rotatable bonds is 4. The quantitative estimate of drug-likeness (QED) is 0.434. The Labute approximate surface area is 170 Å². The molecule has 5 rings (SSSR count). The molecule has 0 unspecified atom stereocenters. The summed E-state index contributed by atoms with van der Waals surface area (Å²) < 4.78 is 1.72. The van der Waals surface area contributed by atoms with Gasteiger partial charge < -0.3 is 5.11 Å². The van der Waals surface area contributed by atoms with Crippen LogP contribution in [0.2, 0.25) is 0 Å². The number of thiazole rings is 1. The molecule has 0 fully saturated rings. The predicted octanol–water partition coefficient (Wildman–Crippen LogP) is 5.51. The lowest BCUT2D eigenvalue weighted by atomic mass is 10.0. The molecular formula is C23H15N3O2S. The Morgan fingerprint density at radius 3 is 2.21 bits per heavy atom. The summed E-state index contributed by atoms with van der Waals surface area (Å²) >= 11 is 1.26. The maximum Gasteiger partial charge on any atom is 0.355 e. The second kappa shape index (κ2) is 7.00. The second-order valence-electron chi connectivity index (χ2n) is 6.54. The fourth-order valence-corrected chi connectivity index (χ4v) is 4.10. The lowest BCUT2D eigenvalue weighted by molar-refractivity contribution is 0.0691. The second-order valence-corrected chi connectivity index (χ2v) is 7.38. The lowest BCUT2D eigenvalue weighted by Crippen LogP contribution is -2.00. The number of hydrogen-bond donors (Lipinski definition) is 1. The van der Waals surface area contributed by atoms with Gasteiger partial charge in [-0.05, 0) is 17.2 Å². The first-order chi connectivity index (χ1) is 14.2. The largest absolute Gasteiger partial charge is 0.476 e. The zero-order chi connectivity index (χ0) is 19.8. The van der Waals surface area contributed by atoms with Gasteiger partial charge in [0, 0.05) is 16.3 Å². The van der Waals surface area contributed by atoms with Crippen LogP contribution in [0, 0.1) is 0 Å². The van der Waals surface area contributed by atoms with Gasteiger partial charge in [0.2, 0.25) is 5.13 Å². The van der Waals surface area contributed by atoms with Crippen molar-refractivity contribution in [3.8, 4) is 27.5 Å². The van der Waals surface area contributed by atoms with Gasteiger partial charge >= 0.3 is 5.97 Å². The number of carbonyl (C=O) groups is 1. The van der Waals surface area contributed by atoms with Crippen molar-refractivity contribution in [2.45, 2.75) is 0 Å². The highest BCUT2D eigenvalue weighted by Crippen LogP contribution is 2.32. The van der Waals surface area contributed by atoms with Crippen molar-refractivity contribution in [2.75, 3.05) is 0 Å². The normalized spacial score (nSPS) is 11.0. The smallest absolute Gasteiger partial charge is 0.355 e. The van der Waals surface area contributed by atoms with Crippen LogP contribution in [0.15, 0.2) is 84.2 Å². The van der Waals surface area contributed by atoms with E-state index in [4.69, 9.17) is 5.10 Å². The first-order valence-electron chi connectivity index (χ1n) is 9.03. The monoisotopic (exact) mass is 397 g/mol. The molecule has 0 saturated heterocycles. The Kier molecular flexibility index (Phi) is 4.18. The molecule has 0 aliphatic heterocycles. The van der Waals surface area contributed by atoms with Crippen LogP contribution in [0.1, 0.15) is 10.5 Å². The van der Waals surface area contributed by atoms with Crippen LogP contribution in [-0.4, -0.2) is 25.8 Å². The van der Waals surface area contributed by atoms with Crippen LogP contribution in [0.5, 0.6) is 0 Å². The molecule has 2 heterocycles. The van der Waals surface area contributed by atoms with E-state index in [0.29, 0.717) is 5.13 Å². The zero-order valence-corrected chi connectivity index (χ0v) is 16.0. The molecule has 2 aromatic heterocycles. The molecular weight excluding hydrogens is 382 g/mol. The molecule has 0 bridgehead atoms. The van der Waals surface area contributed by atoms with Crippen LogP contribution >= 0.6 is 11.3 Å². The Morgan fingerprint density at radius 2 is 1.48 bits per heavy atom. The van der Waals surface area contributed by atoms with Crippen molar-refractivity contribution < 1.29 is 9.90 Å². The van der Waals surface area contributed by atoms with Gasteiger partial charge in [0.05, 0.1) is 5.52 Å². The van der Waals surface area contributed by atoms with Crippen LogP contribution in [0.4, 0.5) is 0 Å². The molecule has 5 aromatic rings. The van der Waals surface area contributed by atoms with Gasteiger partial charge in [-0.3, -0.25) is 0 Å². The molecule has 0 spiro atoms. The van der Waals surface area contributed by atoms with Crippen LogP contribution in [-0.2, 0) is 0 Å². The number of carboxylic acids is 1. The first kappa shape index (κ1) is 17.3. The van der Waals surface area contributed by atoms with Crippen molar-refractivity contribution in [1.82, 2.24) is 14.8 Å². The third-order valence-corrected chi connectivity index (χ3v) is 5.56. The molecule has 6 heteroatoms. The molecule has 5 nitrogen and oxygen atoms in total. The minimum absolute atomic E-state index is 0.0262. The lowest BCUT2D eigenvalue weighted by Gasteiger charge is -2.03. The molecule has 0 radical (unpaired) electrons. The van der Waals surface area contributed by atoms with E-state index in [0.717, 1.165) is 27.7 Å². The van der Waals surface area contributed by atoms with Crippen molar-refractivity contribution in [2.24, 2.45) is 0 Å². The molecule has 0 amide bonds. The molecule has 1 N–H and O–H groups in total. The number of carboxylic acid groups (broad SMARTS) is 1. The fraction of sp³-hybridized carbons (Fsp3) is 0. The van der Waals surface area contributed by atoms with E-state index in [1.165, 1.54) is 22.3 Å². The third-order valence-electron chi connectivity index (χ3n) is 4.75. The topological polar surface area (TPSA) is 68.0 Å². The summed E-state index contributed by atoms with van der Waals surface area (Å²) in [6.07, 6.45) is 0. The van der Waals surface area contributed by atoms with E-state index >= 15 is 0 Å². The first-order valence-corrected chi connectivity index (χ1v) is 9.91. The standard InChI is InChI=1S/C23H15N3O2S/c27-22(28)19-14-29-23(24-19)26-20-9-5-4-8-18(20)21(25-26)17-12-10-16(11-13-17)15-6-2-1-3-7-15/h1-14H,(H,27,28). The Balaban J connectivity index is 1.61. The minimum Gasteiger partial charge on any atom is -0.476 e. The van der Waals surface area contributed by atoms with Crippen molar-refractivity contribution in [3.63, 3.8) is 0 Å². The number of aromatic nitrogens is 3. The predicted molar refractivity (Wildman–Crippen MR) is 115 cm³/mol. The molecule has 3 aromatic carbocycles. The average molecular weight is 397 g/mol. The molecule has 0 aliphatic carbocycles. The molecule has 0 saturated carbocycles. The number of fused-ring (bicyclic) bond motifs is 1. The van der Waals surface area contributed by atoms with Gasteiger partial charge in [-0.25, -0.2) is 14.5 Å². The highest BCUT2D eigenvalue weighted by molar-refractivity contribution is 7.12. The van der Waals surface area contributed by atoms with E-state index in [1.807, 2.05) is 42.5 Å². The summed E-state index contributed by atoms with van der Waals surface area (Å²) in [7, 11) is 0. The number of hydrogen-bond acceptors (Lipinski definition) is 4. The van der Waals surface area contributed by atoms with Gasteiger partial charge in [0.25, 0.3) is 0 Å². The van der Waals surface area contributed by atoms with Crippen molar-refractivity contribution >= 4 is 28.2 Å². The maximum atomic E-state index is 11.2. The average Bonchev–Trinajstić information content (AvgIpc) is 3.40. The number of aromatic carboxylic acids is 1. The van der Waals surface area contributed by atoms with E-state index in [9.17, 15) is 9.90 Å². The van der Waals surface area contributed by atoms with E-state index in [2.05, 4.69) is 41.4 Å². The van der Waals surface area contributed by atoms with Crippen LogP contribution in [0.25, 0.3) is 38.4 Å². The van der Waals surface area contributed by atoms with Gasteiger partial charge in [-0.1, -0.05) is 72.8 Å². The molecule has 29 heavy (non-hydrogen) atoms. The molecule has 0 atom stereocenters. The van der Waals surface area contributed by atoms with Gasteiger partial charge in [0.15, 0.2) is 5.69 Å². The number of para-hydroxylation sites is 1. The fourth-order valence-electron chi connectivity index (χ4n) is 3.34. The van der Waals surface area contributed by atoms with E-state index < -0.39 is 5.97 Å². The minimum atomic E-state index is -1.04. The Bertz CT molecular complexity index is 1320. The summed E-state index contributed by atoms with van der Waals surface area (Å²) in [5, 5.41) is 17.0. The Hall–Kier alpha value is -3.77. The highest BCUT2D eigenvalue weighted by Gasteiger charge is 2.17. The number of nitrogens with zero attached hydrogens (tertiary/aromatic N) is 3. The van der Waals surface area contributed by atoms with Crippen LogP contribution < -0.4 is 0 Å². The number of benzene rings is 3. The summed E-state index contributed by atoms with van der Waals surface area (Å²) in [6.45, 7) is 0. The molecule has 0 aliphatic rings. The summed E-state index contributed by atoms with van der Waals surface area (Å²) in [6, 6.07) is 26.4. The maximum absolute atomic E-state index is 11.2. The Morgan fingerprint density at radius 1 is 0.828 bits per heavy atom. The summed E-state index contributed by atoms with van der Waals surface area (Å²) in [4.78, 5) is 15.4. The van der Waals surface area contributed by atoms with E-state index in [-0.39, 0.29) is 5.69 Å². The van der Waals surface area contributed by atoms with E-state index in [1.54, 1.807) is 4.68 Å². The van der Waals surface area contributed by atoms with Crippen molar-refractivity contribution in [3.05, 3.63) is 89.9 Å². The van der Waals surface area contributed by atoms with Crippen LogP contribution in [0.3, 0.4) is 0 Å². The summed E-state index contributed by atoms with van der Waals surface area (Å²) in [5.41, 5.74) is 5.06. The zero-order valence-electron chi connectivity index (χ0n) is 15.2.